The Morgan fingerprint density at radius 1 is 1.19 bits per heavy atom. The van der Waals surface area contributed by atoms with Gasteiger partial charge in [-0.25, -0.2) is 0 Å². The maximum atomic E-state index is 12.6. The average molecular weight is 286 g/mol. The number of anilines is 2. The van der Waals surface area contributed by atoms with Gasteiger partial charge in [-0.3, -0.25) is 4.79 Å². The van der Waals surface area contributed by atoms with Crippen LogP contribution in [0.25, 0.3) is 0 Å². The number of ether oxygens (including phenoxy) is 1. The van der Waals surface area contributed by atoms with Crippen LogP contribution in [0.15, 0.2) is 48.5 Å². The first-order valence-corrected chi connectivity index (χ1v) is 6.58. The smallest absolute Gasteiger partial charge is 0.258 e. The van der Waals surface area contributed by atoms with Gasteiger partial charge < -0.3 is 20.5 Å². The highest BCUT2D eigenvalue weighted by Gasteiger charge is 2.19. The quantitative estimate of drug-likeness (QED) is 0.823. The van der Waals surface area contributed by atoms with Crippen molar-refractivity contribution in [2.75, 3.05) is 30.9 Å². The maximum absolute atomic E-state index is 12.6. The Morgan fingerprint density at radius 3 is 2.43 bits per heavy atom. The molecule has 0 atom stereocenters. The number of aliphatic hydroxyl groups excluding tert-OH is 1. The van der Waals surface area contributed by atoms with Crippen molar-refractivity contribution < 1.29 is 14.6 Å². The molecule has 0 aliphatic heterocycles. The molecule has 1 amide bonds. The molecular weight excluding hydrogens is 268 g/mol. The lowest BCUT2D eigenvalue weighted by Gasteiger charge is -2.23. The van der Waals surface area contributed by atoms with E-state index >= 15 is 0 Å². The molecule has 2 aromatic rings. The molecule has 0 saturated carbocycles. The van der Waals surface area contributed by atoms with Crippen LogP contribution in [0.5, 0.6) is 5.75 Å². The van der Waals surface area contributed by atoms with Crippen LogP contribution in [0.3, 0.4) is 0 Å². The predicted molar refractivity (Wildman–Crippen MR) is 82.6 cm³/mol. The maximum Gasteiger partial charge on any atom is 0.258 e. The third-order valence-corrected chi connectivity index (χ3v) is 3.13. The average Bonchev–Trinajstić information content (AvgIpc) is 2.53. The Balaban J connectivity index is 2.33. The fourth-order valence-electron chi connectivity index (χ4n) is 2.05. The topological polar surface area (TPSA) is 75.8 Å². The van der Waals surface area contributed by atoms with Crippen LogP contribution in [-0.2, 0) is 0 Å². The number of para-hydroxylation sites is 2. The van der Waals surface area contributed by atoms with Crippen molar-refractivity contribution in [2.24, 2.45) is 0 Å². The van der Waals surface area contributed by atoms with Crippen LogP contribution in [-0.4, -0.2) is 31.3 Å². The molecule has 0 aliphatic carbocycles. The minimum absolute atomic E-state index is 0.143. The predicted octanol–water partition coefficient (Wildman–Crippen LogP) is 1.92. The number of carbonyl (C=O) groups is 1. The molecule has 2 rings (SSSR count). The van der Waals surface area contributed by atoms with E-state index in [0.717, 1.165) is 0 Å². The van der Waals surface area contributed by atoms with E-state index in [1.54, 1.807) is 55.6 Å². The fourth-order valence-corrected chi connectivity index (χ4v) is 2.05. The van der Waals surface area contributed by atoms with Gasteiger partial charge in [0.25, 0.3) is 5.91 Å². The van der Waals surface area contributed by atoms with Crippen molar-refractivity contribution in [3.63, 3.8) is 0 Å². The zero-order chi connectivity index (χ0) is 15.2. The van der Waals surface area contributed by atoms with Crippen molar-refractivity contribution in [3.8, 4) is 5.75 Å². The number of benzene rings is 2. The monoisotopic (exact) mass is 286 g/mol. The minimum atomic E-state index is -0.218. The summed E-state index contributed by atoms with van der Waals surface area (Å²) < 4.78 is 5.08. The van der Waals surface area contributed by atoms with Crippen LogP contribution >= 0.6 is 0 Å². The number of hydrogen-bond donors (Lipinski definition) is 2. The molecule has 0 unspecified atom stereocenters. The number of hydrogen-bond acceptors (Lipinski definition) is 4. The van der Waals surface area contributed by atoms with E-state index in [2.05, 4.69) is 0 Å². The van der Waals surface area contributed by atoms with E-state index in [-0.39, 0.29) is 19.1 Å². The number of aliphatic hydroxyl groups is 1. The second-order valence-corrected chi connectivity index (χ2v) is 4.47. The molecule has 2 aromatic carbocycles. The number of nitrogens with zero attached hydrogens (tertiary/aromatic N) is 1. The first-order chi connectivity index (χ1) is 10.2. The fraction of sp³-hybridized carbons (Fsp3) is 0.188. The molecule has 0 bridgehead atoms. The third kappa shape index (κ3) is 3.32. The Morgan fingerprint density at radius 2 is 1.86 bits per heavy atom. The molecule has 0 fully saturated rings. The molecule has 5 nitrogen and oxygen atoms in total. The van der Waals surface area contributed by atoms with Crippen LogP contribution in [0.1, 0.15) is 10.4 Å². The minimum Gasteiger partial charge on any atom is -0.497 e. The molecule has 0 aromatic heterocycles. The van der Waals surface area contributed by atoms with E-state index < -0.39 is 0 Å². The van der Waals surface area contributed by atoms with Crippen molar-refractivity contribution in [2.45, 2.75) is 0 Å². The molecule has 0 spiro atoms. The van der Waals surface area contributed by atoms with E-state index in [0.29, 0.717) is 22.7 Å². The number of amides is 1. The zero-order valence-corrected chi connectivity index (χ0v) is 11.8. The normalized spacial score (nSPS) is 10.2. The van der Waals surface area contributed by atoms with Gasteiger partial charge in [0.2, 0.25) is 0 Å². The first-order valence-electron chi connectivity index (χ1n) is 6.58. The van der Waals surface area contributed by atoms with Crippen molar-refractivity contribution in [1.29, 1.82) is 0 Å². The highest BCUT2D eigenvalue weighted by Crippen LogP contribution is 2.24. The van der Waals surface area contributed by atoms with Gasteiger partial charge in [0.1, 0.15) is 5.75 Å². The van der Waals surface area contributed by atoms with Crippen molar-refractivity contribution in [3.05, 3.63) is 54.1 Å². The Bertz CT molecular complexity index is 611. The van der Waals surface area contributed by atoms with Gasteiger partial charge in [-0.1, -0.05) is 12.1 Å². The van der Waals surface area contributed by atoms with E-state index in [1.165, 1.54) is 4.90 Å². The molecule has 110 valence electrons. The summed E-state index contributed by atoms with van der Waals surface area (Å²) in [5.41, 5.74) is 7.51. The van der Waals surface area contributed by atoms with Crippen LogP contribution in [0.2, 0.25) is 0 Å². The number of rotatable bonds is 5. The van der Waals surface area contributed by atoms with E-state index in [1.807, 2.05) is 0 Å². The van der Waals surface area contributed by atoms with Crippen molar-refractivity contribution >= 4 is 17.3 Å². The molecule has 5 heteroatoms. The van der Waals surface area contributed by atoms with Gasteiger partial charge in [-0.15, -0.1) is 0 Å². The molecule has 3 N–H and O–H groups in total. The second-order valence-electron chi connectivity index (χ2n) is 4.47. The largest absolute Gasteiger partial charge is 0.497 e. The first kappa shape index (κ1) is 14.9. The van der Waals surface area contributed by atoms with Crippen LogP contribution < -0.4 is 15.4 Å². The summed E-state index contributed by atoms with van der Waals surface area (Å²) in [5.74, 6) is 0.462. The van der Waals surface area contributed by atoms with Gasteiger partial charge in [-0.05, 0) is 36.4 Å². The SMILES string of the molecule is COc1ccc(C(=O)N(CCO)c2ccccc2N)cc1. The van der Waals surface area contributed by atoms with Crippen LogP contribution in [0.4, 0.5) is 11.4 Å². The molecule has 21 heavy (non-hydrogen) atoms. The van der Waals surface area contributed by atoms with Gasteiger partial charge >= 0.3 is 0 Å². The summed E-state index contributed by atoms with van der Waals surface area (Å²) in [7, 11) is 1.57. The Labute approximate surface area is 123 Å². The molecule has 0 radical (unpaired) electrons. The van der Waals surface area contributed by atoms with Gasteiger partial charge in [0, 0.05) is 12.1 Å². The third-order valence-electron chi connectivity index (χ3n) is 3.13. The summed E-state index contributed by atoms with van der Waals surface area (Å²) in [6.45, 7) is 0.0370. The van der Waals surface area contributed by atoms with E-state index in [9.17, 15) is 9.90 Å². The Kier molecular flexibility index (Phi) is 4.79. The van der Waals surface area contributed by atoms with Gasteiger partial charge in [0.05, 0.1) is 25.1 Å². The second kappa shape index (κ2) is 6.76. The summed E-state index contributed by atoms with van der Waals surface area (Å²) in [6.07, 6.45) is 0. The standard InChI is InChI=1S/C16H18N2O3/c1-21-13-8-6-12(7-9-13)16(20)18(10-11-19)15-5-3-2-4-14(15)17/h2-9,19H,10-11,17H2,1H3. The highest BCUT2D eigenvalue weighted by atomic mass is 16.5. The molecule has 0 aliphatic rings. The number of carbonyl (C=O) groups excluding carboxylic acids is 1. The van der Waals surface area contributed by atoms with Crippen molar-refractivity contribution in [1.82, 2.24) is 0 Å². The summed E-state index contributed by atoms with van der Waals surface area (Å²) in [6, 6.07) is 13.9. The molecular formula is C16H18N2O3. The number of nitrogens with two attached hydrogens (primary N) is 1. The number of nitrogen functional groups attached to an aromatic ring is 1. The lowest BCUT2D eigenvalue weighted by molar-refractivity contribution is 0.0981. The van der Waals surface area contributed by atoms with Crippen LogP contribution in [0, 0.1) is 0 Å². The number of methoxy groups -OCH3 is 1. The highest BCUT2D eigenvalue weighted by molar-refractivity contribution is 6.07. The Hall–Kier alpha value is -2.53. The molecule has 0 heterocycles. The van der Waals surface area contributed by atoms with E-state index in [4.69, 9.17) is 10.5 Å². The summed E-state index contributed by atoms with van der Waals surface area (Å²) >= 11 is 0. The lowest BCUT2D eigenvalue weighted by Crippen LogP contribution is -2.34. The lowest BCUT2D eigenvalue weighted by atomic mass is 10.1. The molecule has 0 saturated heterocycles. The summed E-state index contributed by atoms with van der Waals surface area (Å²) in [5, 5.41) is 9.21. The van der Waals surface area contributed by atoms with Gasteiger partial charge in [0.15, 0.2) is 0 Å². The summed E-state index contributed by atoms with van der Waals surface area (Å²) in [4.78, 5) is 14.1. The van der Waals surface area contributed by atoms with Gasteiger partial charge in [-0.2, -0.15) is 0 Å². The zero-order valence-electron chi connectivity index (χ0n) is 11.8.